The van der Waals surface area contributed by atoms with Crippen LogP contribution in [0.1, 0.15) is 46.1 Å². The highest BCUT2D eigenvalue weighted by Crippen LogP contribution is 2.44. The quantitative estimate of drug-likeness (QED) is 0.174. The lowest BCUT2D eigenvalue weighted by molar-refractivity contribution is -0.384. The van der Waals surface area contributed by atoms with Crippen molar-refractivity contribution in [1.29, 1.82) is 0 Å². The van der Waals surface area contributed by atoms with E-state index in [4.69, 9.17) is 18.9 Å². The van der Waals surface area contributed by atoms with Crippen molar-refractivity contribution >= 4 is 29.5 Å². The maximum Gasteiger partial charge on any atom is 0.336 e. The van der Waals surface area contributed by atoms with Crippen LogP contribution in [0.4, 0.5) is 5.69 Å². The summed E-state index contributed by atoms with van der Waals surface area (Å²) in [5.74, 6) is -3.97. The number of nitrogens with one attached hydrogen (secondary N) is 2. The maximum absolute atomic E-state index is 13.0. The van der Waals surface area contributed by atoms with E-state index in [0.29, 0.717) is 11.4 Å². The number of amides is 1. The number of carbonyl (C=O) groups excluding carboxylic acids is 4. The Morgan fingerprint density at radius 3 is 2.00 bits per heavy atom. The SMILES string of the molecule is CCOC(=O)CNC(=O)COc1ccc([N+](=O)[O-])cc1C1C(C(=O)OCC)=C(C)NC(C)=C1C(=O)OCC. The van der Waals surface area contributed by atoms with Crippen molar-refractivity contribution in [2.45, 2.75) is 40.5 Å². The van der Waals surface area contributed by atoms with Crippen molar-refractivity contribution in [3.63, 3.8) is 0 Å². The maximum atomic E-state index is 13.0. The minimum Gasteiger partial charge on any atom is -0.483 e. The highest BCUT2D eigenvalue weighted by atomic mass is 16.6. The van der Waals surface area contributed by atoms with E-state index in [-0.39, 0.29) is 54.5 Å². The molecule has 1 aliphatic rings. The van der Waals surface area contributed by atoms with E-state index in [0.717, 1.165) is 6.07 Å². The van der Waals surface area contributed by atoms with E-state index < -0.39 is 41.3 Å². The fourth-order valence-corrected chi connectivity index (χ4v) is 3.85. The fraction of sp³-hybridized carbons (Fsp3) is 0.440. The molecular formula is C25H31N3O10. The van der Waals surface area contributed by atoms with Crippen LogP contribution in [0.15, 0.2) is 40.7 Å². The van der Waals surface area contributed by atoms with Crippen molar-refractivity contribution in [3.8, 4) is 5.75 Å². The zero-order valence-corrected chi connectivity index (χ0v) is 21.9. The Hall–Kier alpha value is -4.42. The molecule has 1 aromatic rings. The number of dihydropyridines is 1. The van der Waals surface area contributed by atoms with E-state index in [1.54, 1.807) is 34.6 Å². The first-order valence-corrected chi connectivity index (χ1v) is 11.9. The van der Waals surface area contributed by atoms with Gasteiger partial charge in [-0.25, -0.2) is 9.59 Å². The zero-order valence-electron chi connectivity index (χ0n) is 21.9. The second-order valence-electron chi connectivity index (χ2n) is 7.93. The summed E-state index contributed by atoms with van der Waals surface area (Å²) in [4.78, 5) is 60.9. The van der Waals surface area contributed by atoms with Gasteiger partial charge in [0.25, 0.3) is 11.6 Å². The normalized spacial score (nSPS) is 13.4. The van der Waals surface area contributed by atoms with Crippen LogP contribution >= 0.6 is 0 Å². The van der Waals surface area contributed by atoms with Crippen LogP contribution in [-0.4, -0.2) is 61.7 Å². The van der Waals surface area contributed by atoms with E-state index in [2.05, 4.69) is 10.6 Å². The molecular weight excluding hydrogens is 502 g/mol. The summed E-state index contributed by atoms with van der Waals surface area (Å²) in [5, 5.41) is 16.9. The molecule has 13 nitrogen and oxygen atoms in total. The molecule has 0 unspecified atom stereocenters. The van der Waals surface area contributed by atoms with Gasteiger partial charge in [0, 0.05) is 29.1 Å². The summed E-state index contributed by atoms with van der Waals surface area (Å²) in [6.07, 6.45) is 0. The van der Waals surface area contributed by atoms with Gasteiger partial charge in [-0.2, -0.15) is 0 Å². The number of nitrogens with zero attached hydrogens (tertiary/aromatic N) is 1. The number of non-ortho nitro benzene ring substituents is 1. The minimum atomic E-state index is -1.17. The molecule has 0 bridgehead atoms. The van der Waals surface area contributed by atoms with E-state index >= 15 is 0 Å². The second-order valence-corrected chi connectivity index (χ2v) is 7.93. The van der Waals surface area contributed by atoms with Gasteiger partial charge >= 0.3 is 17.9 Å². The number of hydrogen-bond acceptors (Lipinski definition) is 11. The standard InChI is InChI=1S/C25H31N3O10/c1-6-35-20(30)12-26-19(29)13-38-18-10-9-16(28(33)34)11-17(18)23-21(24(31)36-7-2)14(4)27-15(5)22(23)25(32)37-8-3/h9-11,23,27H,6-8,12-13H2,1-5H3,(H,26,29). The third kappa shape index (κ3) is 7.31. The molecule has 0 aromatic heterocycles. The Balaban J connectivity index is 2.59. The lowest BCUT2D eigenvalue weighted by Crippen LogP contribution is -2.35. The number of allylic oxidation sites excluding steroid dienone is 2. The van der Waals surface area contributed by atoms with Crippen LogP contribution in [0.5, 0.6) is 5.75 Å². The van der Waals surface area contributed by atoms with Crippen molar-refractivity contribution in [2.75, 3.05) is 33.0 Å². The van der Waals surface area contributed by atoms with Crippen LogP contribution in [0.25, 0.3) is 0 Å². The number of carbonyl (C=O) groups is 4. The third-order valence-corrected chi connectivity index (χ3v) is 5.36. The number of rotatable bonds is 12. The molecule has 1 amide bonds. The minimum absolute atomic E-state index is 0.00187. The predicted octanol–water partition coefficient (Wildman–Crippen LogP) is 2.01. The van der Waals surface area contributed by atoms with Crippen LogP contribution in [0, 0.1) is 10.1 Å². The summed E-state index contributed by atoms with van der Waals surface area (Å²) in [5.41, 5.74) is 0.519. The lowest BCUT2D eigenvalue weighted by atomic mass is 9.79. The molecule has 0 saturated carbocycles. The molecule has 1 heterocycles. The summed E-state index contributed by atoms with van der Waals surface area (Å²) >= 11 is 0. The molecule has 206 valence electrons. The topological polar surface area (TPSA) is 172 Å². The number of benzene rings is 1. The molecule has 0 atom stereocenters. The summed E-state index contributed by atoms with van der Waals surface area (Å²) in [6, 6.07) is 3.60. The Bertz CT molecular complexity index is 1130. The molecule has 0 fully saturated rings. The average molecular weight is 534 g/mol. The van der Waals surface area contributed by atoms with Gasteiger partial charge in [0.1, 0.15) is 12.3 Å². The monoisotopic (exact) mass is 533 g/mol. The smallest absolute Gasteiger partial charge is 0.336 e. The Kier molecular flexibility index (Phi) is 10.8. The van der Waals surface area contributed by atoms with Gasteiger partial charge in [-0.05, 0) is 40.7 Å². The first-order chi connectivity index (χ1) is 18.0. The van der Waals surface area contributed by atoms with Gasteiger partial charge in [-0.15, -0.1) is 0 Å². The molecule has 0 spiro atoms. The van der Waals surface area contributed by atoms with Gasteiger partial charge in [0.05, 0.1) is 41.8 Å². The molecule has 2 rings (SSSR count). The van der Waals surface area contributed by atoms with Crippen LogP contribution in [-0.2, 0) is 33.4 Å². The van der Waals surface area contributed by atoms with Crippen molar-refractivity contribution < 1.29 is 43.0 Å². The largest absolute Gasteiger partial charge is 0.483 e. The number of nitro groups is 1. The second kappa shape index (κ2) is 13.8. The molecule has 1 aromatic carbocycles. The van der Waals surface area contributed by atoms with Gasteiger partial charge in [0.2, 0.25) is 0 Å². The summed E-state index contributed by atoms with van der Waals surface area (Å²) < 4.78 is 20.9. The summed E-state index contributed by atoms with van der Waals surface area (Å²) in [7, 11) is 0. The molecule has 13 heteroatoms. The van der Waals surface area contributed by atoms with Crippen LogP contribution < -0.4 is 15.4 Å². The Morgan fingerprint density at radius 2 is 1.50 bits per heavy atom. The fourth-order valence-electron chi connectivity index (χ4n) is 3.85. The molecule has 0 radical (unpaired) electrons. The van der Waals surface area contributed by atoms with E-state index in [1.165, 1.54) is 12.1 Å². The molecule has 0 aliphatic carbocycles. The van der Waals surface area contributed by atoms with E-state index in [1.807, 2.05) is 0 Å². The highest BCUT2D eigenvalue weighted by Gasteiger charge is 2.40. The van der Waals surface area contributed by atoms with E-state index in [9.17, 15) is 29.3 Å². The van der Waals surface area contributed by atoms with Crippen molar-refractivity contribution in [3.05, 3.63) is 56.4 Å². The van der Waals surface area contributed by atoms with Crippen molar-refractivity contribution in [1.82, 2.24) is 10.6 Å². The van der Waals surface area contributed by atoms with Crippen LogP contribution in [0.3, 0.4) is 0 Å². The zero-order chi connectivity index (χ0) is 28.4. The number of esters is 3. The van der Waals surface area contributed by atoms with Gasteiger partial charge in [0.15, 0.2) is 6.61 Å². The molecule has 0 saturated heterocycles. The first kappa shape index (κ1) is 29.8. The Labute approximate surface area is 219 Å². The number of nitro benzene ring substituents is 1. The van der Waals surface area contributed by atoms with Crippen molar-refractivity contribution in [2.24, 2.45) is 0 Å². The molecule has 38 heavy (non-hydrogen) atoms. The summed E-state index contributed by atoms with van der Waals surface area (Å²) in [6.45, 7) is 7.35. The Morgan fingerprint density at radius 1 is 0.947 bits per heavy atom. The van der Waals surface area contributed by atoms with Gasteiger partial charge < -0.3 is 29.6 Å². The third-order valence-electron chi connectivity index (χ3n) is 5.36. The van der Waals surface area contributed by atoms with Crippen LogP contribution in [0.2, 0.25) is 0 Å². The molecule has 1 aliphatic heterocycles. The first-order valence-electron chi connectivity index (χ1n) is 11.9. The predicted molar refractivity (Wildman–Crippen MR) is 133 cm³/mol. The van der Waals surface area contributed by atoms with Gasteiger partial charge in [-0.1, -0.05) is 0 Å². The molecule has 2 N–H and O–H groups in total. The average Bonchev–Trinajstić information content (AvgIpc) is 2.85. The van der Waals surface area contributed by atoms with Gasteiger partial charge in [-0.3, -0.25) is 19.7 Å². The lowest BCUT2D eigenvalue weighted by Gasteiger charge is -2.31. The number of hydrogen-bond donors (Lipinski definition) is 2. The number of ether oxygens (including phenoxy) is 4. The highest BCUT2D eigenvalue weighted by molar-refractivity contribution is 6.00.